The van der Waals surface area contributed by atoms with Gasteiger partial charge in [-0.3, -0.25) is 14.5 Å². The lowest BCUT2D eigenvalue weighted by molar-refractivity contribution is -0.122. The second-order valence-electron chi connectivity index (χ2n) is 6.51. The number of aromatic nitrogens is 3. The van der Waals surface area contributed by atoms with Gasteiger partial charge in [0.2, 0.25) is 5.91 Å². The van der Waals surface area contributed by atoms with Crippen molar-refractivity contribution >= 4 is 18.1 Å². The number of benzene rings is 2. The molecule has 0 saturated heterocycles. The Morgan fingerprint density at radius 2 is 1.92 bits per heavy atom. The van der Waals surface area contributed by atoms with Crippen molar-refractivity contribution in [2.75, 3.05) is 0 Å². The van der Waals surface area contributed by atoms with Crippen LogP contribution in [0.2, 0.25) is 0 Å². The number of aromatic amines is 1. The Morgan fingerprint density at radius 3 is 2.62 bits per heavy atom. The van der Waals surface area contributed by atoms with E-state index in [-0.39, 0.29) is 18.5 Å². The predicted octanol–water partition coefficient (Wildman–Crippen LogP) is 4.10. The highest BCUT2D eigenvalue weighted by Crippen LogP contribution is 2.19. The fraction of sp³-hybridized carbons (Fsp3) is 0.250. The van der Waals surface area contributed by atoms with Crippen molar-refractivity contribution in [1.29, 1.82) is 0 Å². The van der Waals surface area contributed by atoms with Crippen molar-refractivity contribution < 1.29 is 4.79 Å². The quantitative estimate of drug-likeness (QED) is 0.668. The molecule has 5 nitrogen and oxygen atoms in total. The molecule has 0 radical (unpaired) electrons. The summed E-state index contributed by atoms with van der Waals surface area (Å²) in [5.74, 6) is 0.557. The number of aryl methyl sites for hydroxylation is 2. The molecule has 2 aromatic carbocycles. The number of carbonyl (C=O) groups excluding carboxylic acids is 1. The fourth-order valence-corrected chi connectivity index (χ4v) is 3.03. The van der Waals surface area contributed by atoms with Crippen LogP contribution in [0.15, 0.2) is 48.5 Å². The summed E-state index contributed by atoms with van der Waals surface area (Å²) in [5.41, 5.74) is 4.32. The minimum atomic E-state index is -0.107. The molecule has 1 atom stereocenters. The number of carbonyl (C=O) groups is 1. The Bertz CT molecular complexity index is 972. The lowest BCUT2D eigenvalue weighted by atomic mass is 10.1. The predicted molar refractivity (Wildman–Crippen MR) is 105 cm³/mol. The Labute approximate surface area is 158 Å². The molecule has 3 aromatic rings. The van der Waals surface area contributed by atoms with Gasteiger partial charge in [0.15, 0.2) is 10.6 Å². The Hall–Kier alpha value is -2.73. The van der Waals surface area contributed by atoms with Gasteiger partial charge >= 0.3 is 0 Å². The number of amides is 1. The van der Waals surface area contributed by atoms with Crippen LogP contribution in [0.1, 0.15) is 29.7 Å². The number of nitrogens with zero attached hydrogens (tertiary/aromatic N) is 2. The number of nitrogens with one attached hydrogen (secondary N) is 2. The van der Waals surface area contributed by atoms with E-state index >= 15 is 0 Å². The summed E-state index contributed by atoms with van der Waals surface area (Å²) in [5, 5.41) is 10.1. The van der Waals surface area contributed by atoms with E-state index in [2.05, 4.69) is 15.5 Å². The molecule has 1 heterocycles. The van der Waals surface area contributed by atoms with Gasteiger partial charge in [0, 0.05) is 5.56 Å². The zero-order valence-electron chi connectivity index (χ0n) is 15.1. The summed E-state index contributed by atoms with van der Waals surface area (Å²) >= 11 is 5.31. The van der Waals surface area contributed by atoms with E-state index in [1.165, 1.54) is 5.56 Å². The van der Waals surface area contributed by atoms with Crippen LogP contribution in [0.25, 0.3) is 11.4 Å². The lowest BCUT2D eigenvalue weighted by Gasteiger charge is -2.15. The van der Waals surface area contributed by atoms with Crippen LogP contribution in [0.5, 0.6) is 0 Å². The maximum Gasteiger partial charge on any atom is 0.240 e. The zero-order chi connectivity index (χ0) is 18.7. The van der Waals surface area contributed by atoms with Crippen LogP contribution in [0.4, 0.5) is 0 Å². The molecule has 26 heavy (non-hydrogen) atoms. The van der Waals surface area contributed by atoms with E-state index in [4.69, 9.17) is 12.2 Å². The maximum atomic E-state index is 12.5. The molecular formula is C20H22N4OS. The van der Waals surface area contributed by atoms with Crippen molar-refractivity contribution in [2.24, 2.45) is 0 Å². The van der Waals surface area contributed by atoms with E-state index < -0.39 is 0 Å². The van der Waals surface area contributed by atoms with Crippen LogP contribution >= 0.6 is 12.2 Å². The highest BCUT2D eigenvalue weighted by atomic mass is 32.1. The molecule has 6 heteroatoms. The number of H-pyrrole nitrogens is 1. The van der Waals surface area contributed by atoms with E-state index in [0.29, 0.717) is 10.6 Å². The third-order valence-electron chi connectivity index (χ3n) is 4.29. The average Bonchev–Trinajstić information content (AvgIpc) is 2.96. The molecule has 0 fully saturated rings. The van der Waals surface area contributed by atoms with Crippen LogP contribution in [-0.2, 0) is 11.3 Å². The highest BCUT2D eigenvalue weighted by molar-refractivity contribution is 7.71. The van der Waals surface area contributed by atoms with E-state index in [1.54, 1.807) is 4.57 Å². The third kappa shape index (κ3) is 4.08. The van der Waals surface area contributed by atoms with Crippen LogP contribution in [0, 0.1) is 18.6 Å². The Kier molecular flexibility index (Phi) is 5.32. The molecule has 0 bridgehead atoms. The van der Waals surface area contributed by atoms with Gasteiger partial charge in [-0.25, -0.2) is 0 Å². The van der Waals surface area contributed by atoms with Crippen LogP contribution in [-0.4, -0.2) is 20.7 Å². The molecule has 0 aliphatic heterocycles. The first-order valence-corrected chi connectivity index (χ1v) is 8.93. The van der Waals surface area contributed by atoms with Crippen LogP contribution in [0.3, 0.4) is 0 Å². The SMILES string of the molecule is Cc1ccc(C(C)NC(=O)Cn2c(-c3cccc(C)c3)n[nH]c2=S)cc1. The van der Waals surface area contributed by atoms with Crippen molar-refractivity contribution in [1.82, 2.24) is 20.1 Å². The monoisotopic (exact) mass is 366 g/mol. The van der Waals surface area contributed by atoms with Gasteiger partial charge in [-0.15, -0.1) is 0 Å². The van der Waals surface area contributed by atoms with Crippen molar-refractivity contribution in [3.63, 3.8) is 0 Å². The number of hydrogen-bond donors (Lipinski definition) is 2. The smallest absolute Gasteiger partial charge is 0.240 e. The summed E-state index contributed by atoms with van der Waals surface area (Å²) in [6.07, 6.45) is 0. The highest BCUT2D eigenvalue weighted by Gasteiger charge is 2.15. The summed E-state index contributed by atoms with van der Waals surface area (Å²) in [6, 6.07) is 16.0. The van der Waals surface area contributed by atoms with E-state index in [0.717, 1.165) is 16.7 Å². The molecule has 134 valence electrons. The molecule has 1 amide bonds. The first-order valence-electron chi connectivity index (χ1n) is 8.52. The van der Waals surface area contributed by atoms with Crippen molar-refractivity contribution in [3.8, 4) is 11.4 Å². The van der Waals surface area contributed by atoms with Gasteiger partial charge in [-0.05, 0) is 44.6 Å². The second kappa shape index (κ2) is 7.66. The molecule has 2 N–H and O–H groups in total. The third-order valence-corrected chi connectivity index (χ3v) is 4.60. The Morgan fingerprint density at radius 1 is 1.19 bits per heavy atom. The topological polar surface area (TPSA) is 62.7 Å². The molecule has 3 rings (SSSR count). The second-order valence-corrected chi connectivity index (χ2v) is 6.89. The van der Waals surface area contributed by atoms with Crippen molar-refractivity contribution in [2.45, 2.75) is 33.4 Å². The summed E-state index contributed by atoms with van der Waals surface area (Å²) in [6.45, 7) is 6.15. The van der Waals surface area contributed by atoms with Crippen LogP contribution < -0.4 is 5.32 Å². The average molecular weight is 366 g/mol. The maximum absolute atomic E-state index is 12.5. The minimum Gasteiger partial charge on any atom is -0.348 e. The molecule has 0 saturated carbocycles. The first kappa shape index (κ1) is 18.1. The van der Waals surface area contributed by atoms with Gasteiger partial charge in [-0.2, -0.15) is 5.10 Å². The van der Waals surface area contributed by atoms with Crippen molar-refractivity contribution in [3.05, 3.63) is 70.0 Å². The number of hydrogen-bond acceptors (Lipinski definition) is 3. The van der Waals surface area contributed by atoms with E-state index in [1.807, 2.05) is 69.3 Å². The van der Waals surface area contributed by atoms with Gasteiger partial charge < -0.3 is 5.32 Å². The molecule has 1 unspecified atom stereocenters. The van der Waals surface area contributed by atoms with Gasteiger partial charge in [0.1, 0.15) is 6.54 Å². The normalized spacial score (nSPS) is 12.0. The molecule has 0 spiro atoms. The van der Waals surface area contributed by atoms with Gasteiger partial charge in [0.05, 0.1) is 6.04 Å². The Balaban J connectivity index is 1.76. The molecule has 0 aliphatic rings. The first-order chi connectivity index (χ1) is 12.4. The molecule has 1 aromatic heterocycles. The zero-order valence-corrected chi connectivity index (χ0v) is 15.9. The fourth-order valence-electron chi connectivity index (χ4n) is 2.84. The minimum absolute atomic E-state index is 0.0772. The van der Waals surface area contributed by atoms with E-state index in [9.17, 15) is 4.79 Å². The lowest BCUT2D eigenvalue weighted by Crippen LogP contribution is -2.30. The summed E-state index contributed by atoms with van der Waals surface area (Å²) < 4.78 is 2.15. The standard InChI is InChI=1S/C20H22N4OS/c1-13-7-9-16(10-8-13)15(3)21-18(25)12-24-19(22-23-20(24)26)17-6-4-5-14(2)11-17/h4-11,15H,12H2,1-3H3,(H,21,25)(H,23,26). The largest absolute Gasteiger partial charge is 0.348 e. The molecular weight excluding hydrogens is 344 g/mol. The van der Waals surface area contributed by atoms with Gasteiger partial charge in [-0.1, -0.05) is 53.6 Å². The summed E-state index contributed by atoms with van der Waals surface area (Å²) in [4.78, 5) is 12.5. The molecule has 0 aliphatic carbocycles. The van der Waals surface area contributed by atoms with Gasteiger partial charge in [0.25, 0.3) is 0 Å². The summed E-state index contributed by atoms with van der Waals surface area (Å²) in [7, 11) is 0. The number of rotatable bonds is 5.